The topological polar surface area (TPSA) is 108 Å². The summed E-state index contributed by atoms with van der Waals surface area (Å²) in [6.45, 7) is 4.15. The molecule has 0 bridgehead atoms. The van der Waals surface area contributed by atoms with E-state index in [1.807, 2.05) is 62.4 Å². The molecule has 1 aliphatic rings. The largest absolute Gasteiger partial charge is 0.327 e. The summed E-state index contributed by atoms with van der Waals surface area (Å²) in [5, 5.41) is 7.27. The first-order valence-corrected chi connectivity index (χ1v) is 11.9. The molecule has 8 nitrogen and oxygen atoms in total. The van der Waals surface area contributed by atoms with Crippen LogP contribution in [-0.4, -0.2) is 53.2 Å². The number of aromatic amines is 1. The molecule has 0 saturated carbocycles. The van der Waals surface area contributed by atoms with Gasteiger partial charge in [-0.15, -0.1) is 0 Å². The number of aromatic nitrogens is 3. The first kappa shape index (κ1) is 21.2. The number of hydrogen-bond donors (Lipinski definition) is 2. The molecule has 2 atom stereocenters. The van der Waals surface area contributed by atoms with Gasteiger partial charge in [-0.25, -0.2) is 18.1 Å². The zero-order valence-corrected chi connectivity index (χ0v) is 18.5. The minimum atomic E-state index is -3.41. The highest BCUT2D eigenvalue weighted by molar-refractivity contribution is 7.88. The maximum Gasteiger partial charge on any atom is 0.254 e. The Morgan fingerprint density at radius 3 is 2.45 bits per heavy atom. The second-order valence-corrected chi connectivity index (χ2v) is 9.86. The van der Waals surface area contributed by atoms with Crippen LogP contribution in [0.3, 0.4) is 0 Å². The minimum absolute atomic E-state index is 0.160. The molecule has 31 heavy (non-hydrogen) atoms. The Labute approximate surface area is 181 Å². The molecule has 0 unspecified atom stereocenters. The van der Waals surface area contributed by atoms with Crippen molar-refractivity contribution in [2.45, 2.75) is 32.4 Å². The third-order valence-electron chi connectivity index (χ3n) is 5.26. The summed E-state index contributed by atoms with van der Waals surface area (Å²) < 4.78 is 26.2. The summed E-state index contributed by atoms with van der Waals surface area (Å²) in [5.41, 5.74) is 3.43. The summed E-state index contributed by atoms with van der Waals surface area (Å²) >= 11 is 0. The number of aryl methyl sites for hydroxylation is 2. The maximum absolute atomic E-state index is 13.4. The second-order valence-electron chi connectivity index (χ2n) is 8.08. The number of hydrogen-bond acceptors (Lipinski definition) is 5. The van der Waals surface area contributed by atoms with Crippen molar-refractivity contribution < 1.29 is 13.2 Å². The van der Waals surface area contributed by atoms with Gasteiger partial charge in [-0.2, -0.15) is 5.10 Å². The van der Waals surface area contributed by atoms with Gasteiger partial charge in [0.1, 0.15) is 5.82 Å². The van der Waals surface area contributed by atoms with Crippen LogP contribution in [0.2, 0.25) is 0 Å². The second kappa shape index (κ2) is 8.24. The fourth-order valence-corrected chi connectivity index (χ4v) is 4.89. The van der Waals surface area contributed by atoms with Gasteiger partial charge in [0.05, 0.1) is 12.3 Å². The lowest BCUT2D eigenvalue weighted by molar-refractivity contribution is 0.0728. The number of sulfonamides is 1. The number of carbonyl (C=O) groups is 1. The van der Waals surface area contributed by atoms with Gasteiger partial charge < -0.3 is 4.90 Å². The van der Waals surface area contributed by atoms with Crippen molar-refractivity contribution in [3.63, 3.8) is 0 Å². The summed E-state index contributed by atoms with van der Waals surface area (Å²) in [6, 6.07) is 14.4. The van der Waals surface area contributed by atoms with Crippen LogP contribution in [0.25, 0.3) is 11.4 Å². The zero-order chi connectivity index (χ0) is 22.2. The quantitative estimate of drug-likeness (QED) is 0.635. The van der Waals surface area contributed by atoms with E-state index >= 15 is 0 Å². The maximum atomic E-state index is 13.4. The van der Waals surface area contributed by atoms with Gasteiger partial charge in [-0.05, 0) is 32.4 Å². The Hall–Kier alpha value is -3.04. The molecule has 1 aliphatic heterocycles. The van der Waals surface area contributed by atoms with Crippen molar-refractivity contribution in [2.24, 2.45) is 0 Å². The third kappa shape index (κ3) is 4.83. The summed E-state index contributed by atoms with van der Waals surface area (Å²) in [5.74, 6) is 0.913. The van der Waals surface area contributed by atoms with E-state index in [4.69, 9.17) is 0 Å². The molecule has 0 aliphatic carbocycles. The van der Waals surface area contributed by atoms with E-state index in [1.165, 1.54) is 0 Å². The molecule has 9 heteroatoms. The van der Waals surface area contributed by atoms with Gasteiger partial charge in [0.15, 0.2) is 5.82 Å². The molecule has 4 rings (SSSR count). The van der Waals surface area contributed by atoms with Gasteiger partial charge in [-0.1, -0.05) is 47.5 Å². The number of benzene rings is 2. The molecule has 2 aromatic carbocycles. The number of nitrogens with zero attached hydrogens (tertiary/aromatic N) is 3. The van der Waals surface area contributed by atoms with Gasteiger partial charge in [0, 0.05) is 23.7 Å². The van der Waals surface area contributed by atoms with Crippen molar-refractivity contribution in [1.82, 2.24) is 24.8 Å². The summed E-state index contributed by atoms with van der Waals surface area (Å²) in [6.07, 6.45) is 1.53. The normalized spacial score (nSPS) is 19.0. The SMILES string of the molecule is Cc1cc(C)cc(C(=O)N2C[C@@H](NS(C)(=O)=O)C[C@H]2c2nc(-c3ccccc3)n[nH]2)c1. The Balaban J connectivity index is 1.67. The van der Waals surface area contributed by atoms with Crippen LogP contribution in [0.1, 0.15) is 39.8 Å². The first-order chi connectivity index (χ1) is 14.7. The predicted molar refractivity (Wildman–Crippen MR) is 118 cm³/mol. The van der Waals surface area contributed by atoms with Crippen molar-refractivity contribution in [3.05, 3.63) is 71.0 Å². The van der Waals surface area contributed by atoms with Gasteiger partial charge in [0.25, 0.3) is 5.91 Å². The van der Waals surface area contributed by atoms with E-state index < -0.39 is 22.1 Å². The minimum Gasteiger partial charge on any atom is -0.327 e. The van der Waals surface area contributed by atoms with Crippen LogP contribution in [0.4, 0.5) is 0 Å². The lowest BCUT2D eigenvalue weighted by Crippen LogP contribution is -2.38. The molecule has 0 spiro atoms. The Kier molecular flexibility index (Phi) is 5.63. The number of rotatable bonds is 5. The van der Waals surface area contributed by atoms with E-state index in [1.54, 1.807) is 4.90 Å². The monoisotopic (exact) mass is 439 g/mol. The molecule has 2 heterocycles. The molecule has 0 radical (unpaired) electrons. The molecule has 3 aromatic rings. The first-order valence-electron chi connectivity index (χ1n) is 10.0. The van der Waals surface area contributed by atoms with E-state index in [2.05, 4.69) is 19.9 Å². The average Bonchev–Trinajstić information content (AvgIpc) is 3.33. The lowest BCUT2D eigenvalue weighted by atomic mass is 10.1. The highest BCUT2D eigenvalue weighted by Gasteiger charge is 2.39. The molecule has 1 amide bonds. The van der Waals surface area contributed by atoms with Gasteiger partial charge in [0.2, 0.25) is 10.0 Å². The van der Waals surface area contributed by atoms with E-state index in [0.717, 1.165) is 22.9 Å². The van der Waals surface area contributed by atoms with Gasteiger partial charge >= 0.3 is 0 Å². The van der Waals surface area contributed by atoms with E-state index in [9.17, 15) is 13.2 Å². The molecule has 162 valence electrons. The molecular weight excluding hydrogens is 414 g/mol. The Morgan fingerprint density at radius 2 is 1.81 bits per heavy atom. The number of carbonyl (C=O) groups excluding carboxylic acids is 1. The zero-order valence-electron chi connectivity index (χ0n) is 17.7. The smallest absolute Gasteiger partial charge is 0.254 e. The summed E-state index contributed by atoms with van der Waals surface area (Å²) in [7, 11) is -3.41. The average molecular weight is 440 g/mol. The van der Waals surface area contributed by atoms with Crippen LogP contribution in [0.5, 0.6) is 0 Å². The van der Waals surface area contributed by atoms with Gasteiger partial charge in [-0.3, -0.25) is 9.89 Å². The number of amides is 1. The molecule has 2 N–H and O–H groups in total. The van der Waals surface area contributed by atoms with Crippen molar-refractivity contribution in [3.8, 4) is 11.4 Å². The number of H-pyrrole nitrogens is 1. The van der Waals surface area contributed by atoms with E-state index in [-0.39, 0.29) is 12.5 Å². The van der Waals surface area contributed by atoms with Crippen molar-refractivity contribution >= 4 is 15.9 Å². The fourth-order valence-electron chi connectivity index (χ4n) is 4.11. The van der Waals surface area contributed by atoms with E-state index in [0.29, 0.717) is 23.6 Å². The van der Waals surface area contributed by atoms with Crippen LogP contribution in [0, 0.1) is 13.8 Å². The van der Waals surface area contributed by atoms with Crippen LogP contribution < -0.4 is 4.72 Å². The highest BCUT2D eigenvalue weighted by Crippen LogP contribution is 2.33. The third-order valence-corrected chi connectivity index (χ3v) is 6.02. The lowest BCUT2D eigenvalue weighted by Gasteiger charge is -2.23. The van der Waals surface area contributed by atoms with Crippen LogP contribution in [-0.2, 0) is 10.0 Å². The number of nitrogens with one attached hydrogen (secondary N) is 2. The Morgan fingerprint density at radius 1 is 1.13 bits per heavy atom. The molecule has 1 aromatic heterocycles. The number of likely N-dealkylation sites (tertiary alicyclic amines) is 1. The standard InChI is InChI=1S/C22H25N5O3S/c1-14-9-15(2)11-17(10-14)22(28)27-13-18(26-31(3,29)30)12-19(27)21-23-20(24-25-21)16-7-5-4-6-8-16/h4-11,18-19,26H,12-13H2,1-3H3,(H,23,24,25)/t18-,19-/m0/s1. The predicted octanol–water partition coefficient (Wildman–Crippen LogP) is 2.59. The highest BCUT2D eigenvalue weighted by atomic mass is 32.2. The Bertz CT molecular complexity index is 1190. The molecule has 1 saturated heterocycles. The fraction of sp³-hybridized carbons (Fsp3) is 0.318. The van der Waals surface area contributed by atoms with Crippen molar-refractivity contribution in [1.29, 1.82) is 0 Å². The summed E-state index contributed by atoms with van der Waals surface area (Å²) in [4.78, 5) is 19.7. The van der Waals surface area contributed by atoms with Crippen LogP contribution >= 0.6 is 0 Å². The molecule has 1 fully saturated rings. The van der Waals surface area contributed by atoms with Crippen LogP contribution in [0.15, 0.2) is 48.5 Å². The van der Waals surface area contributed by atoms with Crippen molar-refractivity contribution in [2.75, 3.05) is 12.8 Å². The molecular formula is C22H25N5O3S.